The van der Waals surface area contributed by atoms with Crippen LogP contribution in [0.15, 0.2) is 113 Å². The van der Waals surface area contributed by atoms with Crippen molar-refractivity contribution in [2.75, 3.05) is 23.7 Å². The molecule has 0 saturated carbocycles. The molecule has 0 radical (unpaired) electrons. The van der Waals surface area contributed by atoms with E-state index in [2.05, 4.69) is 5.32 Å². The van der Waals surface area contributed by atoms with Gasteiger partial charge in [-0.05, 0) is 81.0 Å². The van der Waals surface area contributed by atoms with Crippen LogP contribution in [0.3, 0.4) is 0 Å². The smallest absolute Gasteiger partial charge is 0.264 e. The van der Waals surface area contributed by atoms with Crippen LogP contribution in [0.25, 0.3) is 0 Å². The van der Waals surface area contributed by atoms with Crippen molar-refractivity contribution < 1.29 is 22.7 Å². The van der Waals surface area contributed by atoms with Crippen molar-refractivity contribution >= 4 is 39.3 Å². The van der Waals surface area contributed by atoms with E-state index in [1.54, 1.807) is 48.5 Å². The maximum absolute atomic E-state index is 14.7. The third-order valence-electron chi connectivity index (χ3n) is 8.11. The van der Waals surface area contributed by atoms with Gasteiger partial charge in [-0.3, -0.25) is 13.9 Å². The van der Waals surface area contributed by atoms with Crippen molar-refractivity contribution in [1.82, 2.24) is 10.2 Å². The maximum atomic E-state index is 14.7. The Balaban J connectivity index is 1.84. The first kappa shape index (κ1) is 36.6. The average molecular weight is 688 g/mol. The number of para-hydroxylation sites is 2. The quantitative estimate of drug-likeness (QED) is 0.129. The molecule has 0 aliphatic heterocycles. The Kier molecular flexibility index (Phi) is 13.1. The molecule has 1 N–H and O–H groups in total. The number of amides is 2. The number of benzene rings is 4. The van der Waals surface area contributed by atoms with Crippen molar-refractivity contribution in [2.45, 2.75) is 69.0 Å². The molecule has 2 amide bonds. The van der Waals surface area contributed by atoms with Gasteiger partial charge in [0.05, 0.1) is 17.2 Å². The number of hydrogen-bond acceptors (Lipinski definition) is 6. The molecule has 4 rings (SSSR count). The molecule has 0 saturated heterocycles. The van der Waals surface area contributed by atoms with Crippen LogP contribution in [-0.2, 0) is 32.6 Å². The van der Waals surface area contributed by atoms with Crippen LogP contribution >= 0.6 is 11.8 Å². The molecule has 0 fully saturated rings. The van der Waals surface area contributed by atoms with Crippen molar-refractivity contribution in [3.63, 3.8) is 0 Å². The van der Waals surface area contributed by atoms with Crippen LogP contribution in [0, 0.1) is 6.92 Å². The molecule has 2 atom stereocenters. The van der Waals surface area contributed by atoms with E-state index in [1.807, 2.05) is 88.5 Å². The third-order valence-corrected chi connectivity index (χ3v) is 10.6. The monoisotopic (exact) mass is 687 g/mol. The van der Waals surface area contributed by atoms with Gasteiger partial charge in [0.2, 0.25) is 11.8 Å². The van der Waals surface area contributed by atoms with Crippen molar-refractivity contribution in [3.05, 3.63) is 120 Å². The number of thioether (sulfide) groups is 1. The van der Waals surface area contributed by atoms with Crippen molar-refractivity contribution in [3.8, 4) is 5.75 Å². The third kappa shape index (κ3) is 9.41. The molecule has 0 unspecified atom stereocenters. The molecular weight excluding hydrogens is 643 g/mol. The largest absolute Gasteiger partial charge is 0.492 e. The molecule has 0 aliphatic carbocycles. The Labute approximate surface area is 289 Å². The molecule has 0 bridgehead atoms. The predicted octanol–water partition coefficient (Wildman–Crippen LogP) is 6.87. The summed E-state index contributed by atoms with van der Waals surface area (Å²) in [4.78, 5) is 31.2. The van der Waals surface area contributed by atoms with Crippen LogP contribution in [0.5, 0.6) is 5.75 Å². The van der Waals surface area contributed by atoms with Gasteiger partial charge in [-0.1, -0.05) is 79.2 Å². The van der Waals surface area contributed by atoms with Gasteiger partial charge in [-0.15, -0.1) is 11.8 Å². The zero-order valence-corrected chi connectivity index (χ0v) is 29.9. The lowest BCUT2D eigenvalue weighted by atomic mass is 10.0. The lowest BCUT2D eigenvalue weighted by Crippen LogP contribution is -2.54. The molecule has 4 aromatic carbocycles. The van der Waals surface area contributed by atoms with E-state index < -0.39 is 28.5 Å². The van der Waals surface area contributed by atoms with Gasteiger partial charge >= 0.3 is 0 Å². The fourth-order valence-corrected chi connectivity index (χ4v) is 7.05. The fourth-order valence-electron chi connectivity index (χ4n) is 5.21. The highest BCUT2D eigenvalue weighted by Crippen LogP contribution is 2.33. The summed E-state index contributed by atoms with van der Waals surface area (Å²) in [5.74, 6) is -0.491. The number of ether oxygens (including phenoxy) is 1. The molecule has 8 nitrogen and oxygen atoms in total. The van der Waals surface area contributed by atoms with Gasteiger partial charge in [0, 0.05) is 23.9 Å². The molecule has 0 aliphatic rings. The normalized spacial score (nSPS) is 12.5. The molecule has 254 valence electrons. The Morgan fingerprint density at radius 1 is 0.854 bits per heavy atom. The van der Waals surface area contributed by atoms with E-state index in [4.69, 9.17) is 4.74 Å². The second-order valence-electron chi connectivity index (χ2n) is 11.6. The lowest BCUT2D eigenvalue weighted by Gasteiger charge is -2.34. The molecule has 0 heterocycles. The van der Waals surface area contributed by atoms with Crippen LogP contribution in [-0.4, -0.2) is 56.6 Å². The molecule has 4 aromatic rings. The summed E-state index contributed by atoms with van der Waals surface area (Å²) in [6, 6.07) is 29.6. The standard InChI is InChI=1S/C38H45N3O5S2/c1-6-29(4)39-38(43)35(25-30-13-9-8-10-14-30)40(26-31-19-17-28(3)18-20-31)37(42)27-41(34-15-11-12-16-36(34)46-7-2)48(44,45)33-23-21-32(47-5)22-24-33/h8-24,29,35H,6-7,25-27H2,1-5H3,(H,39,43)/t29-,35+/m1/s1. The predicted molar refractivity (Wildman–Crippen MR) is 194 cm³/mol. The van der Waals surface area contributed by atoms with Gasteiger partial charge < -0.3 is 15.0 Å². The van der Waals surface area contributed by atoms with E-state index in [9.17, 15) is 18.0 Å². The summed E-state index contributed by atoms with van der Waals surface area (Å²) in [5, 5.41) is 3.07. The van der Waals surface area contributed by atoms with E-state index in [-0.39, 0.29) is 35.5 Å². The average Bonchev–Trinajstić information content (AvgIpc) is 3.10. The first-order valence-electron chi connectivity index (χ1n) is 16.1. The van der Waals surface area contributed by atoms with Crippen molar-refractivity contribution in [2.24, 2.45) is 0 Å². The number of nitrogens with zero attached hydrogens (tertiary/aromatic N) is 2. The Morgan fingerprint density at radius 2 is 1.50 bits per heavy atom. The second kappa shape index (κ2) is 17.2. The van der Waals surface area contributed by atoms with Gasteiger partial charge in [-0.25, -0.2) is 8.42 Å². The highest BCUT2D eigenvalue weighted by Gasteiger charge is 2.35. The highest BCUT2D eigenvalue weighted by atomic mass is 32.2. The Bertz CT molecular complexity index is 1750. The Hall–Kier alpha value is -4.28. The Morgan fingerprint density at radius 3 is 2.12 bits per heavy atom. The van der Waals surface area contributed by atoms with E-state index in [0.717, 1.165) is 25.9 Å². The first-order chi connectivity index (χ1) is 23.1. The number of nitrogens with one attached hydrogen (secondary N) is 1. The van der Waals surface area contributed by atoms with Gasteiger partial charge in [0.1, 0.15) is 18.3 Å². The van der Waals surface area contributed by atoms with E-state index in [1.165, 1.54) is 16.7 Å². The van der Waals surface area contributed by atoms with Gasteiger partial charge in [-0.2, -0.15) is 0 Å². The second-order valence-corrected chi connectivity index (χ2v) is 14.4. The summed E-state index contributed by atoms with van der Waals surface area (Å²) >= 11 is 1.50. The minimum atomic E-state index is -4.26. The summed E-state index contributed by atoms with van der Waals surface area (Å²) in [6.45, 7) is 7.56. The number of rotatable bonds is 16. The minimum Gasteiger partial charge on any atom is -0.492 e. The molecule has 10 heteroatoms. The van der Waals surface area contributed by atoms with Gasteiger partial charge in [0.25, 0.3) is 10.0 Å². The molecular formula is C38H45N3O5S2. The number of anilines is 1. The molecule has 0 spiro atoms. The zero-order chi connectivity index (χ0) is 34.7. The van der Waals surface area contributed by atoms with Crippen LogP contribution in [0.4, 0.5) is 5.69 Å². The van der Waals surface area contributed by atoms with Crippen molar-refractivity contribution in [1.29, 1.82) is 0 Å². The van der Waals surface area contributed by atoms with Crippen LogP contribution in [0.1, 0.15) is 43.9 Å². The number of carbonyl (C=O) groups excluding carboxylic acids is 2. The molecule has 48 heavy (non-hydrogen) atoms. The van der Waals surface area contributed by atoms with Crippen LogP contribution < -0.4 is 14.4 Å². The summed E-state index contributed by atoms with van der Waals surface area (Å²) in [5.41, 5.74) is 2.99. The highest BCUT2D eigenvalue weighted by molar-refractivity contribution is 7.98. The maximum Gasteiger partial charge on any atom is 0.264 e. The topological polar surface area (TPSA) is 96.0 Å². The number of sulfonamides is 1. The number of aryl methyl sites for hydroxylation is 1. The van der Waals surface area contributed by atoms with E-state index >= 15 is 0 Å². The first-order valence-corrected chi connectivity index (χ1v) is 18.8. The lowest BCUT2D eigenvalue weighted by molar-refractivity contribution is -0.140. The fraction of sp³-hybridized carbons (Fsp3) is 0.316. The summed E-state index contributed by atoms with van der Waals surface area (Å²) in [7, 11) is -4.26. The van der Waals surface area contributed by atoms with Crippen LogP contribution in [0.2, 0.25) is 0 Å². The molecule has 0 aromatic heterocycles. The number of hydrogen-bond donors (Lipinski definition) is 1. The minimum absolute atomic E-state index is 0.0415. The number of carbonyl (C=O) groups is 2. The summed E-state index contributed by atoms with van der Waals surface area (Å²) < 4.78 is 35.8. The zero-order valence-electron chi connectivity index (χ0n) is 28.3. The summed E-state index contributed by atoms with van der Waals surface area (Å²) in [6.07, 6.45) is 2.88. The van der Waals surface area contributed by atoms with Gasteiger partial charge in [0.15, 0.2) is 0 Å². The van der Waals surface area contributed by atoms with E-state index in [0.29, 0.717) is 18.8 Å². The SMILES string of the molecule is CCOc1ccccc1N(CC(=O)N(Cc1ccc(C)cc1)[C@@H](Cc1ccccc1)C(=O)N[C@H](C)CC)S(=O)(=O)c1ccc(SC)cc1.